The van der Waals surface area contributed by atoms with Crippen molar-refractivity contribution in [2.75, 3.05) is 10.6 Å². The van der Waals surface area contributed by atoms with Crippen molar-refractivity contribution in [3.8, 4) is 0 Å². The van der Waals surface area contributed by atoms with Crippen LogP contribution < -0.4 is 10.6 Å². The van der Waals surface area contributed by atoms with Crippen LogP contribution in [0, 0.1) is 20.8 Å². The van der Waals surface area contributed by atoms with Crippen molar-refractivity contribution >= 4 is 23.1 Å². The Morgan fingerprint density at radius 3 is 2.38 bits per heavy atom. The van der Waals surface area contributed by atoms with Gasteiger partial charge in [-0.1, -0.05) is 30.3 Å². The van der Waals surface area contributed by atoms with Crippen molar-refractivity contribution in [1.82, 2.24) is 15.1 Å². The molecule has 2 heterocycles. The van der Waals surface area contributed by atoms with Crippen LogP contribution in [-0.4, -0.2) is 15.1 Å². The summed E-state index contributed by atoms with van der Waals surface area (Å²) in [6, 6.07) is 9.97. The Hall–Kier alpha value is -2.89. The molecule has 0 saturated heterocycles. The second-order valence-corrected chi connectivity index (χ2v) is 5.72. The number of benzene rings is 1. The van der Waals surface area contributed by atoms with E-state index in [1.807, 2.05) is 26.0 Å². The monoisotopic (exact) mass is 323 g/mol. The van der Waals surface area contributed by atoms with Crippen molar-refractivity contribution in [2.45, 2.75) is 34.1 Å². The molecule has 24 heavy (non-hydrogen) atoms. The minimum atomic E-state index is 0.627. The van der Waals surface area contributed by atoms with Gasteiger partial charge in [0.25, 0.3) is 0 Å². The SMILES string of the molecule is CCc1cccc(C)c1Nc1cc(Nc2cc(C)on2)nc(C)n1. The maximum absolute atomic E-state index is 5.07. The van der Waals surface area contributed by atoms with E-state index in [0.29, 0.717) is 17.5 Å². The van der Waals surface area contributed by atoms with Gasteiger partial charge in [-0.05, 0) is 38.3 Å². The molecule has 6 heteroatoms. The number of hydrogen-bond acceptors (Lipinski definition) is 6. The highest BCUT2D eigenvalue weighted by molar-refractivity contribution is 5.67. The molecule has 0 atom stereocenters. The Labute approximate surface area is 141 Å². The molecule has 6 nitrogen and oxygen atoms in total. The molecule has 124 valence electrons. The highest BCUT2D eigenvalue weighted by atomic mass is 16.5. The predicted molar refractivity (Wildman–Crippen MR) is 95.1 cm³/mol. The molecule has 0 unspecified atom stereocenters. The van der Waals surface area contributed by atoms with Gasteiger partial charge < -0.3 is 15.2 Å². The van der Waals surface area contributed by atoms with E-state index in [-0.39, 0.29) is 0 Å². The number of para-hydroxylation sites is 1. The lowest BCUT2D eigenvalue weighted by atomic mass is 10.1. The van der Waals surface area contributed by atoms with Gasteiger partial charge in [-0.15, -0.1) is 0 Å². The number of anilines is 4. The average Bonchev–Trinajstić information content (AvgIpc) is 2.93. The highest BCUT2D eigenvalue weighted by Crippen LogP contribution is 2.26. The normalized spacial score (nSPS) is 10.7. The summed E-state index contributed by atoms with van der Waals surface area (Å²) in [6.45, 7) is 7.95. The van der Waals surface area contributed by atoms with E-state index in [4.69, 9.17) is 4.52 Å². The number of nitrogens with zero attached hydrogens (tertiary/aromatic N) is 3. The van der Waals surface area contributed by atoms with Crippen LogP contribution in [0.1, 0.15) is 29.6 Å². The van der Waals surface area contributed by atoms with Crippen LogP contribution in [0.25, 0.3) is 0 Å². The Balaban J connectivity index is 1.89. The second-order valence-electron chi connectivity index (χ2n) is 5.72. The summed E-state index contributed by atoms with van der Waals surface area (Å²) >= 11 is 0. The zero-order valence-electron chi connectivity index (χ0n) is 14.3. The van der Waals surface area contributed by atoms with E-state index in [1.165, 1.54) is 11.1 Å². The van der Waals surface area contributed by atoms with Crippen LogP contribution in [0.3, 0.4) is 0 Å². The Morgan fingerprint density at radius 1 is 0.958 bits per heavy atom. The summed E-state index contributed by atoms with van der Waals surface area (Å²) in [6.07, 6.45) is 0.956. The lowest BCUT2D eigenvalue weighted by Gasteiger charge is -2.14. The molecule has 0 aliphatic rings. The standard InChI is InChI=1S/C18H21N5O/c1-5-14-8-6-7-11(2)18(14)22-16-10-15(19-13(4)20-16)21-17-9-12(3)24-23-17/h6-10H,5H2,1-4H3,(H2,19,20,21,22,23). The lowest BCUT2D eigenvalue weighted by molar-refractivity contribution is 0.400. The molecule has 3 aromatic rings. The van der Waals surface area contributed by atoms with E-state index in [9.17, 15) is 0 Å². The maximum Gasteiger partial charge on any atom is 0.175 e. The fraction of sp³-hybridized carbons (Fsp3) is 0.278. The molecule has 0 bridgehead atoms. The van der Waals surface area contributed by atoms with Gasteiger partial charge in [0.1, 0.15) is 23.2 Å². The van der Waals surface area contributed by atoms with E-state index in [1.54, 1.807) is 0 Å². The fourth-order valence-corrected chi connectivity index (χ4v) is 2.58. The topological polar surface area (TPSA) is 75.9 Å². The maximum atomic E-state index is 5.07. The lowest BCUT2D eigenvalue weighted by Crippen LogP contribution is -2.04. The molecule has 0 amide bonds. The van der Waals surface area contributed by atoms with Gasteiger partial charge in [-0.25, -0.2) is 9.97 Å². The first-order valence-electron chi connectivity index (χ1n) is 7.96. The van der Waals surface area contributed by atoms with E-state index in [0.717, 1.165) is 23.7 Å². The third-order valence-electron chi connectivity index (χ3n) is 3.72. The highest BCUT2D eigenvalue weighted by Gasteiger charge is 2.09. The van der Waals surface area contributed by atoms with Gasteiger partial charge in [-0.3, -0.25) is 0 Å². The number of hydrogen-bond donors (Lipinski definition) is 2. The Kier molecular flexibility index (Phi) is 4.46. The van der Waals surface area contributed by atoms with Crippen LogP contribution in [0.15, 0.2) is 34.9 Å². The van der Waals surface area contributed by atoms with Gasteiger partial charge in [0.15, 0.2) is 5.82 Å². The van der Waals surface area contributed by atoms with Gasteiger partial charge in [0.05, 0.1) is 0 Å². The molecule has 0 saturated carbocycles. The molecular weight excluding hydrogens is 302 g/mol. The molecule has 3 rings (SSSR count). The summed E-state index contributed by atoms with van der Waals surface area (Å²) in [7, 11) is 0. The summed E-state index contributed by atoms with van der Waals surface area (Å²) in [5.74, 6) is 3.46. The predicted octanol–water partition coefficient (Wildman–Crippen LogP) is 4.44. The van der Waals surface area contributed by atoms with Crippen molar-refractivity contribution in [3.05, 3.63) is 53.0 Å². The molecular formula is C18H21N5O. The van der Waals surface area contributed by atoms with Crippen molar-refractivity contribution < 1.29 is 4.52 Å². The van der Waals surface area contributed by atoms with Crippen molar-refractivity contribution in [2.24, 2.45) is 0 Å². The number of aromatic nitrogens is 3. The summed E-state index contributed by atoms with van der Waals surface area (Å²) < 4.78 is 5.07. The van der Waals surface area contributed by atoms with E-state index >= 15 is 0 Å². The smallest absolute Gasteiger partial charge is 0.175 e. The molecule has 0 radical (unpaired) electrons. The average molecular weight is 323 g/mol. The summed E-state index contributed by atoms with van der Waals surface area (Å²) in [4.78, 5) is 8.89. The molecule has 2 aromatic heterocycles. The number of aryl methyl sites for hydroxylation is 4. The second kappa shape index (κ2) is 6.70. The summed E-state index contributed by atoms with van der Waals surface area (Å²) in [5.41, 5.74) is 3.54. The van der Waals surface area contributed by atoms with Crippen molar-refractivity contribution in [3.63, 3.8) is 0 Å². The van der Waals surface area contributed by atoms with Gasteiger partial charge in [0, 0.05) is 17.8 Å². The van der Waals surface area contributed by atoms with Crippen LogP contribution in [0.5, 0.6) is 0 Å². The first-order chi connectivity index (χ1) is 11.5. The zero-order chi connectivity index (χ0) is 17.1. The van der Waals surface area contributed by atoms with Gasteiger partial charge in [0.2, 0.25) is 0 Å². The Bertz CT molecular complexity index is 856. The minimum Gasteiger partial charge on any atom is -0.360 e. The number of nitrogens with one attached hydrogen (secondary N) is 2. The largest absolute Gasteiger partial charge is 0.360 e. The van der Waals surface area contributed by atoms with Crippen LogP contribution in [-0.2, 0) is 6.42 Å². The van der Waals surface area contributed by atoms with Crippen molar-refractivity contribution in [1.29, 1.82) is 0 Å². The molecule has 2 N–H and O–H groups in total. The first kappa shape index (κ1) is 16.0. The third kappa shape index (κ3) is 3.53. The third-order valence-corrected chi connectivity index (χ3v) is 3.72. The van der Waals surface area contributed by atoms with Crippen LogP contribution >= 0.6 is 0 Å². The van der Waals surface area contributed by atoms with E-state index in [2.05, 4.69) is 57.8 Å². The molecule has 1 aromatic carbocycles. The fourth-order valence-electron chi connectivity index (χ4n) is 2.58. The zero-order valence-corrected chi connectivity index (χ0v) is 14.3. The molecule has 0 aliphatic carbocycles. The minimum absolute atomic E-state index is 0.627. The molecule has 0 fully saturated rings. The van der Waals surface area contributed by atoms with Gasteiger partial charge in [-0.2, -0.15) is 0 Å². The Morgan fingerprint density at radius 2 is 1.71 bits per heavy atom. The molecule has 0 spiro atoms. The van der Waals surface area contributed by atoms with Crippen LogP contribution in [0.2, 0.25) is 0 Å². The quantitative estimate of drug-likeness (QED) is 0.723. The van der Waals surface area contributed by atoms with Crippen LogP contribution in [0.4, 0.5) is 23.1 Å². The van der Waals surface area contributed by atoms with Gasteiger partial charge >= 0.3 is 0 Å². The van der Waals surface area contributed by atoms with E-state index < -0.39 is 0 Å². The molecule has 0 aliphatic heterocycles. The number of rotatable bonds is 5. The summed E-state index contributed by atoms with van der Waals surface area (Å²) in [5, 5.41) is 10.5. The first-order valence-corrected chi connectivity index (χ1v) is 7.96.